The van der Waals surface area contributed by atoms with Crippen LogP contribution in [0.1, 0.15) is 94.9 Å². The number of rotatable bonds is 17. The summed E-state index contributed by atoms with van der Waals surface area (Å²) in [5.41, 5.74) is 0. The predicted octanol–water partition coefficient (Wildman–Crippen LogP) is 5.25. The third-order valence-electron chi connectivity index (χ3n) is 4.53. The SMILES string of the molecule is C#CCN(C)[B]N([B]C)CC#C.CC.CCC.CCC.C[B]N([B]N(C)CCC)CC.C[B]N([B]N(C)CCC)CC. The third kappa shape index (κ3) is 52.0. The quantitative estimate of drug-likeness (QED) is 0.172. The van der Waals surface area contributed by atoms with E-state index in [1.54, 1.807) is 0 Å². The molecule has 6 nitrogen and oxygen atoms in total. The van der Waals surface area contributed by atoms with Crippen LogP contribution in [0.25, 0.3) is 0 Å². The molecule has 0 rings (SSSR count). The van der Waals surface area contributed by atoms with Gasteiger partial charge in [-0.15, -0.1) is 12.8 Å². The Morgan fingerprint density at radius 2 is 0.786 bits per heavy atom. The molecule has 0 atom stereocenters. The van der Waals surface area contributed by atoms with Gasteiger partial charge < -0.3 is 28.6 Å². The first kappa shape index (κ1) is 53.8. The van der Waals surface area contributed by atoms with Crippen LogP contribution in [0, 0.1) is 24.7 Å². The van der Waals surface area contributed by atoms with Gasteiger partial charge in [0.1, 0.15) is 0 Å². The Bertz CT molecular complexity index is 505. The second kappa shape index (κ2) is 49.9. The van der Waals surface area contributed by atoms with E-state index in [0.717, 1.165) is 26.2 Å². The maximum Gasteiger partial charge on any atom is 0.301 e. The van der Waals surface area contributed by atoms with E-state index in [2.05, 4.69) is 144 Å². The summed E-state index contributed by atoms with van der Waals surface area (Å²) in [6.45, 7) is 32.7. The molecule has 0 aliphatic carbocycles. The highest BCUT2D eigenvalue weighted by Crippen LogP contribution is 1.89. The molecular weight excluding hydrogens is 509 g/mol. The van der Waals surface area contributed by atoms with Crippen LogP contribution in [0.2, 0.25) is 20.5 Å². The van der Waals surface area contributed by atoms with Gasteiger partial charge in [0.2, 0.25) is 0 Å². The van der Waals surface area contributed by atoms with Gasteiger partial charge in [0, 0.05) is 6.54 Å². The van der Waals surface area contributed by atoms with E-state index >= 15 is 0 Å². The highest BCUT2D eigenvalue weighted by atomic mass is 15.1. The summed E-state index contributed by atoms with van der Waals surface area (Å²) in [4.78, 5) is 6.32. The van der Waals surface area contributed by atoms with Crippen LogP contribution in [0.5, 0.6) is 0 Å². The van der Waals surface area contributed by atoms with Crippen molar-refractivity contribution < 1.29 is 0 Å². The topological polar surface area (TPSA) is 19.4 Å². The number of hydrogen-bond donors (Lipinski definition) is 0. The van der Waals surface area contributed by atoms with Crippen LogP contribution in [0.15, 0.2) is 0 Å². The molecule has 0 saturated heterocycles. The highest BCUT2D eigenvalue weighted by Gasteiger charge is 2.08. The zero-order valence-electron chi connectivity index (χ0n) is 31.4. The summed E-state index contributed by atoms with van der Waals surface area (Å²) in [6, 6.07) is 0. The minimum atomic E-state index is 0.575. The predicted molar refractivity (Wildman–Crippen MR) is 203 cm³/mol. The van der Waals surface area contributed by atoms with E-state index in [4.69, 9.17) is 12.8 Å². The molecule has 0 saturated carbocycles. The Labute approximate surface area is 273 Å². The smallest absolute Gasteiger partial charge is 0.301 e. The molecule has 0 bridgehead atoms. The minimum absolute atomic E-state index is 0.575. The Morgan fingerprint density at radius 1 is 0.500 bits per heavy atom. The second-order valence-electron chi connectivity index (χ2n) is 9.15. The van der Waals surface area contributed by atoms with E-state index in [1.165, 1.54) is 25.7 Å². The van der Waals surface area contributed by atoms with Crippen molar-refractivity contribution in [3.8, 4) is 24.7 Å². The van der Waals surface area contributed by atoms with Crippen LogP contribution in [-0.2, 0) is 0 Å². The first-order valence-corrected chi connectivity index (χ1v) is 16.2. The number of nitrogens with zero attached hydrogens (tertiary/aromatic N) is 6. The summed E-state index contributed by atoms with van der Waals surface area (Å²) < 4.78 is 6.25. The van der Waals surface area contributed by atoms with Gasteiger partial charge in [-0.3, -0.25) is 0 Å². The van der Waals surface area contributed by atoms with Crippen molar-refractivity contribution in [2.45, 2.75) is 115 Å². The molecule has 42 heavy (non-hydrogen) atoms. The van der Waals surface area contributed by atoms with Gasteiger partial charge in [0.05, 0.1) is 6.54 Å². The molecule has 12 heteroatoms. The molecule has 0 aromatic carbocycles. The lowest BCUT2D eigenvalue weighted by Crippen LogP contribution is -2.41. The molecule has 6 radical (unpaired) electrons. The second-order valence-corrected chi connectivity index (χ2v) is 9.15. The van der Waals surface area contributed by atoms with Crippen molar-refractivity contribution >= 4 is 44.9 Å². The fourth-order valence-electron chi connectivity index (χ4n) is 2.73. The Balaban J connectivity index is -0.000000103. The van der Waals surface area contributed by atoms with Gasteiger partial charge in [0.15, 0.2) is 22.2 Å². The van der Waals surface area contributed by atoms with Crippen molar-refractivity contribution in [1.82, 2.24) is 28.6 Å². The zero-order valence-corrected chi connectivity index (χ0v) is 31.4. The van der Waals surface area contributed by atoms with Gasteiger partial charge in [-0.1, -0.05) is 114 Å². The van der Waals surface area contributed by atoms with E-state index in [-0.39, 0.29) is 0 Å². The lowest BCUT2D eigenvalue weighted by Gasteiger charge is -2.23. The Kier molecular flexibility index (Phi) is 63.9. The molecule has 0 aromatic rings. The molecule has 0 unspecified atom stereocenters. The van der Waals surface area contributed by atoms with Gasteiger partial charge in [-0.2, -0.15) is 0 Å². The zero-order chi connectivity index (χ0) is 34.2. The van der Waals surface area contributed by atoms with E-state index in [1.807, 2.05) is 52.2 Å². The van der Waals surface area contributed by atoms with Gasteiger partial charge in [-0.25, -0.2) is 0 Å². The van der Waals surface area contributed by atoms with E-state index in [9.17, 15) is 0 Å². The normalized spacial score (nSPS) is 9.24. The minimum Gasteiger partial charge on any atom is -0.379 e. The van der Waals surface area contributed by atoms with Crippen LogP contribution in [-0.4, -0.2) is 134 Å². The van der Waals surface area contributed by atoms with Crippen LogP contribution < -0.4 is 0 Å². The van der Waals surface area contributed by atoms with Crippen LogP contribution in [0.4, 0.5) is 0 Å². The summed E-state index contributed by atoms with van der Waals surface area (Å²) in [5.74, 6) is 5.09. The fraction of sp³-hybridized carbons (Fsp3) is 0.867. The van der Waals surface area contributed by atoms with Gasteiger partial charge in [-0.05, 0) is 60.2 Å². The van der Waals surface area contributed by atoms with Crippen molar-refractivity contribution in [2.24, 2.45) is 0 Å². The summed E-state index contributed by atoms with van der Waals surface area (Å²) in [5, 5.41) is 0. The summed E-state index contributed by atoms with van der Waals surface area (Å²) in [7, 11) is 18.4. The highest BCUT2D eigenvalue weighted by molar-refractivity contribution is 6.48. The lowest BCUT2D eigenvalue weighted by atomic mass is 9.85. The Morgan fingerprint density at radius 3 is 1.00 bits per heavy atom. The summed E-state index contributed by atoms with van der Waals surface area (Å²) >= 11 is 0. The van der Waals surface area contributed by atoms with Gasteiger partial charge in [0.25, 0.3) is 15.1 Å². The average Bonchev–Trinajstić information content (AvgIpc) is 2.97. The van der Waals surface area contributed by atoms with E-state index in [0.29, 0.717) is 13.1 Å². The standard InChI is InChI=1S/C8H12B2N2.2C7H18B2N2.2C3H8.C2H6/c1-5-7-11(4)10-12(9-3)8-6-2;2*1-5-7-10(4)9-11(6-2)8-3;2*1-3-2;1-2/h1-2H,7-8H2,3-4H3;2*5-7H2,1-4H3;2*3H2,1-2H3;1-2H3. The first-order valence-electron chi connectivity index (χ1n) is 16.2. The van der Waals surface area contributed by atoms with Crippen molar-refractivity contribution in [3.05, 3.63) is 0 Å². The van der Waals surface area contributed by atoms with E-state index < -0.39 is 0 Å². The van der Waals surface area contributed by atoms with Crippen LogP contribution >= 0.6 is 0 Å². The summed E-state index contributed by atoms with van der Waals surface area (Å²) in [6.07, 6.45) is 15.2. The molecule has 0 N–H and O–H groups in total. The Hall–Kier alpha value is -0.730. The first-order chi connectivity index (χ1) is 20.0. The third-order valence-corrected chi connectivity index (χ3v) is 4.53. The molecule has 0 aliphatic heterocycles. The molecule has 0 fully saturated rings. The molecule has 0 aliphatic rings. The molecular formula is C30H70B6N6. The molecule has 0 heterocycles. The lowest BCUT2D eigenvalue weighted by molar-refractivity contribution is 0.491. The number of hydrogen-bond acceptors (Lipinski definition) is 6. The maximum atomic E-state index is 5.16. The van der Waals surface area contributed by atoms with Gasteiger partial charge >= 0.3 is 7.55 Å². The largest absolute Gasteiger partial charge is 0.379 e. The van der Waals surface area contributed by atoms with Crippen LogP contribution in [0.3, 0.4) is 0 Å². The average molecular weight is 580 g/mol. The maximum absolute atomic E-state index is 5.16. The number of terminal acetylenes is 2. The monoisotopic (exact) mass is 581 g/mol. The molecule has 238 valence electrons. The van der Waals surface area contributed by atoms with Crippen molar-refractivity contribution in [1.29, 1.82) is 0 Å². The molecule has 0 spiro atoms. The molecule has 0 amide bonds. The van der Waals surface area contributed by atoms with Crippen molar-refractivity contribution in [3.63, 3.8) is 0 Å². The fourth-order valence-corrected chi connectivity index (χ4v) is 2.73. The molecule has 0 aromatic heterocycles. The van der Waals surface area contributed by atoms with Crippen molar-refractivity contribution in [2.75, 3.05) is 60.4 Å².